The van der Waals surface area contributed by atoms with Gasteiger partial charge in [-0.25, -0.2) is 4.90 Å². The van der Waals surface area contributed by atoms with Gasteiger partial charge in [0.2, 0.25) is 11.8 Å². The molecule has 32 heavy (non-hydrogen) atoms. The molecule has 1 aliphatic heterocycles. The second kappa shape index (κ2) is 9.24. The first-order chi connectivity index (χ1) is 15.4. The number of nitrogen functional groups attached to an aromatic ring is 1. The van der Waals surface area contributed by atoms with Crippen molar-refractivity contribution in [3.05, 3.63) is 95.6 Å². The van der Waals surface area contributed by atoms with E-state index in [1.54, 1.807) is 42.5 Å². The first-order valence-electron chi connectivity index (χ1n) is 10.2. The summed E-state index contributed by atoms with van der Waals surface area (Å²) < 4.78 is 0. The quantitative estimate of drug-likeness (QED) is 0.254. The number of thioether (sulfide) groups is 1. The Labute approximate surface area is 190 Å². The predicted octanol–water partition coefficient (Wildman–Crippen LogP) is 4.90. The molecule has 2 amide bonds. The van der Waals surface area contributed by atoms with Gasteiger partial charge in [0.05, 0.1) is 10.9 Å². The summed E-state index contributed by atoms with van der Waals surface area (Å²) in [6.45, 7) is 2.01. The Morgan fingerprint density at radius 2 is 1.75 bits per heavy atom. The molecule has 0 spiro atoms. The number of hydrogen-bond acceptors (Lipinski definition) is 5. The number of nitrogens with two attached hydrogens (primary N) is 1. The summed E-state index contributed by atoms with van der Waals surface area (Å²) in [5, 5.41) is -0.497. The molecule has 1 atom stereocenters. The SMILES string of the molecule is Cc1ccc(/C=C/C(=O)c2ccc(N3C(=O)CC(Sc4cccc(N)c4)C3=O)cc2)cc1. The number of benzene rings is 3. The largest absolute Gasteiger partial charge is 0.399 e. The number of amides is 2. The summed E-state index contributed by atoms with van der Waals surface area (Å²) in [6.07, 6.45) is 3.41. The van der Waals surface area contributed by atoms with Gasteiger partial charge in [-0.3, -0.25) is 14.4 Å². The summed E-state index contributed by atoms with van der Waals surface area (Å²) in [5.74, 6) is -0.665. The Kier molecular flexibility index (Phi) is 6.23. The number of aryl methyl sites for hydroxylation is 1. The van der Waals surface area contributed by atoms with Crippen LogP contribution in [0.5, 0.6) is 0 Å². The number of anilines is 2. The Bertz CT molecular complexity index is 1200. The molecule has 0 aromatic heterocycles. The van der Waals surface area contributed by atoms with Gasteiger partial charge in [-0.15, -0.1) is 11.8 Å². The lowest BCUT2D eigenvalue weighted by Crippen LogP contribution is -2.31. The van der Waals surface area contributed by atoms with E-state index in [1.807, 2.05) is 43.3 Å². The first-order valence-corrected chi connectivity index (χ1v) is 11.1. The summed E-state index contributed by atoms with van der Waals surface area (Å²) in [6, 6.07) is 21.7. The van der Waals surface area contributed by atoms with E-state index < -0.39 is 5.25 Å². The van der Waals surface area contributed by atoms with Crippen LogP contribution in [0.25, 0.3) is 6.08 Å². The second-order valence-corrected chi connectivity index (χ2v) is 8.88. The number of imide groups is 1. The maximum Gasteiger partial charge on any atom is 0.247 e. The molecule has 0 radical (unpaired) electrons. The molecule has 160 valence electrons. The number of carbonyl (C=O) groups is 3. The third kappa shape index (κ3) is 4.81. The smallest absolute Gasteiger partial charge is 0.247 e. The van der Waals surface area contributed by atoms with Crippen molar-refractivity contribution in [2.45, 2.75) is 23.5 Å². The lowest BCUT2D eigenvalue weighted by atomic mass is 10.1. The average Bonchev–Trinajstić information content (AvgIpc) is 3.06. The molecule has 1 fully saturated rings. The van der Waals surface area contributed by atoms with Crippen LogP contribution in [0.1, 0.15) is 27.9 Å². The molecule has 1 aliphatic rings. The standard InChI is InChI=1S/C26H22N2O3S/c1-17-5-7-18(8-6-17)9-14-23(29)19-10-12-21(13-11-19)28-25(30)16-24(26(28)31)32-22-4-2-3-20(27)15-22/h2-15,24H,16,27H2,1H3/b14-9+. The van der Waals surface area contributed by atoms with Crippen LogP contribution in [0.3, 0.4) is 0 Å². The van der Waals surface area contributed by atoms with Gasteiger partial charge < -0.3 is 5.73 Å². The molecule has 0 bridgehead atoms. The summed E-state index contributed by atoms with van der Waals surface area (Å²) in [7, 11) is 0. The van der Waals surface area contributed by atoms with Crippen molar-refractivity contribution in [2.75, 3.05) is 10.6 Å². The fourth-order valence-electron chi connectivity index (χ4n) is 3.44. The highest BCUT2D eigenvalue weighted by Gasteiger charge is 2.40. The molecule has 2 N–H and O–H groups in total. The van der Waals surface area contributed by atoms with Crippen LogP contribution in [0.15, 0.2) is 83.8 Å². The van der Waals surface area contributed by atoms with Gasteiger partial charge in [0, 0.05) is 22.6 Å². The predicted molar refractivity (Wildman–Crippen MR) is 129 cm³/mol. The van der Waals surface area contributed by atoms with E-state index >= 15 is 0 Å². The van der Waals surface area contributed by atoms with Crippen LogP contribution < -0.4 is 10.6 Å². The highest BCUT2D eigenvalue weighted by molar-refractivity contribution is 8.00. The van der Waals surface area contributed by atoms with Crippen molar-refractivity contribution in [3.63, 3.8) is 0 Å². The van der Waals surface area contributed by atoms with E-state index in [4.69, 9.17) is 5.73 Å². The Morgan fingerprint density at radius 3 is 2.44 bits per heavy atom. The molecule has 1 saturated heterocycles. The van der Waals surface area contributed by atoms with Crippen LogP contribution >= 0.6 is 11.8 Å². The number of carbonyl (C=O) groups excluding carboxylic acids is 3. The Hall–Kier alpha value is -3.64. The maximum atomic E-state index is 12.9. The molecule has 3 aromatic carbocycles. The average molecular weight is 443 g/mol. The van der Waals surface area contributed by atoms with E-state index in [-0.39, 0.29) is 24.0 Å². The van der Waals surface area contributed by atoms with Crippen molar-refractivity contribution in [1.29, 1.82) is 0 Å². The second-order valence-electron chi connectivity index (χ2n) is 7.61. The molecule has 0 aliphatic carbocycles. The fraction of sp³-hybridized carbons (Fsp3) is 0.115. The molecule has 0 saturated carbocycles. The monoisotopic (exact) mass is 442 g/mol. The van der Waals surface area contributed by atoms with Crippen LogP contribution in [-0.4, -0.2) is 22.8 Å². The van der Waals surface area contributed by atoms with Gasteiger partial charge in [0.15, 0.2) is 5.78 Å². The number of hydrogen-bond donors (Lipinski definition) is 1. The van der Waals surface area contributed by atoms with E-state index in [1.165, 1.54) is 22.7 Å². The van der Waals surface area contributed by atoms with Gasteiger partial charge in [0.1, 0.15) is 0 Å². The van der Waals surface area contributed by atoms with Gasteiger partial charge in [-0.2, -0.15) is 0 Å². The normalized spacial score (nSPS) is 16.2. The zero-order valence-corrected chi connectivity index (χ0v) is 18.3. The van der Waals surface area contributed by atoms with Crippen molar-refractivity contribution in [2.24, 2.45) is 0 Å². The third-order valence-corrected chi connectivity index (χ3v) is 6.34. The Morgan fingerprint density at radius 1 is 1.03 bits per heavy atom. The van der Waals surface area contributed by atoms with Gasteiger partial charge in [-0.05, 0) is 61.0 Å². The first kappa shape index (κ1) is 21.6. The van der Waals surface area contributed by atoms with Gasteiger partial charge in [-0.1, -0.05) is 42.0 Å². The molecule has 1 heterocycles. The maximum absolute atomic E-state index is 12.9. The van der Waals surface area contributed by atoms with E-state index in [0.29, 0.717) is 16.9 Å². The molecule has 5 nitrogen and oxygen atoms in total. The topological polar surface area (TPSA) is 80.5 Å². The van der Waals surface area contributed by atoms with Crippen LogP contribution in [-0.2, 0) is 9.59 Å². The molecule has 6 heteroatoms. The zero-order valence-electron chi connectivity index (χ0n) is 17.5. The van der Waals surface area contributed by atoms with E-state index in [9.17, 15) is 14.4 Å². The Balaban J connectivity index is 1.45. The molecule has 3 aromatic rings. The number of allylic oxidation sites excluding steroid dienone is 1. The molecular weight excluding hydrogens is 420 g/mol. The highest BCUT2D eigenvalue weighted by Crippen LogP contribution is 2.34. The molecular formula is C26H22N2O3S. The van der Waals surface area contributed by atoms with Crippen molar-refractivity contribution < 1.29 is 14.4 Å². The van der Waals surface area contributed by atoms with E-state index in [2.05, 4.69) is 0 Å². The highest BCUT2D eigenvalue weighted by atomic mass is 32.2. The minimum absolute atomic E-state index is 0.123. The number of nitrogens with zero attached hydrogens (tertiary/aromatic N) is 1. The van der Waals surface area contributed by atoms with E-state index in [0.717, 1.165) is 16.0 Å². The summed E-state index contributed by atoms with van der Waals surface area (Å²) >= 11 is 1.33. The van der Waals surface area contributed by atoms with Crippen LogP contribution in [0, 0.1) is 6.92 Å². The van der Waals surface area contributed by atoms with Crippen molar-refractivity contribution in [1.82, 2.24) is 0 Å². The summed E-state index contributed by atoms with van der Waals surface area (Å²) in [5.41, 5.74) is 9.47. The zero-order chi connectivity index (χ0) is 22.7. The fourth-order valence-corrected chi connectivity index (χ4v) is 4.56. The lowest BCUT2D eigenvalue weighted by molar-refractivity contribution is -0.121. The van der Waals surface area contributed by atoms with Crippen LogP contribution in [0.2, 0.25) is 0 Å². The van der Waals surface area contributed by atoms with Crippen molar-refractivity contribution >= 4 is 46.8 Å². The van der Waals surface area contributed by atoms with Gasteiger partial charge >= 0.3 is 0 Å². The minimum atomic E-state index is -0.497. The lowest BCUT2D eigenvalue weighted by Gasteiger charge is -2.15. The number of rotatable bonds is 6. The minimum Gasteiger partial charge on any atom is -0.399 e. The molecule has 4 rings (SSSR count). The van der Waals surface area contributed by atoms with Gasteiger partial charge in [0.25, 0.3) is 0 Å². The number of ketones is 1. The van der Waals surface area contributed by atoms with Crippen molar-refractivity contribution in [3.8, 4) is 0 Å². The molecule has 1 unspecified atom stereocenters. The third-order valence-electron chi connectivity index (χ3n) is 5.16. The van der Waals surface area contributed by atoms with Crippen LogP contribution in [0.4, 0.5) is 11.4 Å². The summed E-state index contributed by atoms with van der Waals surface area (Å²) in [4.78, 5) is 39.9.